The van der Waals surface area contributed by atoms with E-state index in [0.29, 0.717) is 25.8 Å². The van der Waals surface area contributed by atoms with Gasteiger partial charge in [0.15, 0.2) is 6.04 Å². The number of hydrogen-bond acceptors (Lipinski definition) is 2. The van der Waals surface area contributed by atoms with Crippen LogP contribution in [-0.2, 0) is 4.79 Å². The van der Waals surface area contributed by atoms with Crippen LogP contribution in [0.1, 0.15) is 11.6 Å². The first kappa shape index (κ1) is 15.2. The van der Waals surface area contributed by atoms with Gasteiger partial charge in [-0.25, -0.2) is 4.79 Å². The van der Waals surface area contributed by atoms with Crippen LogP contribution in [-0.4, -0.2) is 11.1 Å². The van der Waals surface area contributed by atoms with Crippen molar-refractivity contribution >= 4 is 50.8 Å². The first-order valence-corrected chi connectivity index (χ1v) is 7.22. The zero-order chi connectivity index (χ0) is 14.7. The third kappa shape index (κ3) is 3.66. The van der Waals surface area contributed by atoms with Crippen LogP contribution in [0.2, 0.25) is 10.0 Å². The van der Waals surface area contributed by atoms with Crippen LogP contribution in [0.3, 0.4) is 0 Å². The molecule has 0 amide bonds. The van der Waals surface area contributed by atoms with E-state index in [1.807, 2.05) is 0 Å². The van der Waals surface area contributed by atoms with E-state index < -0.39 is 12.0 Å². The van der Waals surface area contributed by atoms with Crippen LogP contribution < -0.4 is 5.32 Å². The highest BCUT2D eigenvalue weighted by molar-refractivity contribution is 9.10. The van der Waals surface area contributed by atoms with Gasteiger partial charge in [0.2, 0.25) is 0 Å². The number of halogens is 3. The third-order valence-corrected chi connectivity index (χ3v) is 4.11. The average molecular weight is 375 g/mol. The number of benzene rings is 2. The largest absolute Gasteiger partial charge is 0.479 e. The molecule has 2 rings (SSSR count). The summed E-state index contributed by atoms with van der Waals surface area (Å²) in [6.07, 6.45) is 0. The molecule has 0 saturated heterocycles. The fourth-order valence-electron chi connectivity index (χ4n) is 1.72. The van der Waals surface area contributed by atoms with E-state index >= 15 is 0 Å². The molecule has 0 radical (unpaired) electrons. The predicted octanol–water partition coefficient (Wildman–Crippen LogP) is 4.99. The van der Waals surface area contributed by atoms with E-state index in [1.165, 1.54) is 0 Å². The highest BCUT2D eigenvalue weighted by atomic mass is 79.9. The van der Waals surface area contributed by atoms with E-state index in [4.69, 9.17) is 23.2 Å². The van der Waals surface area contributed by atoms with E-state index in [-0.39, 0.29) is 0 Å². The van der Waals surface area contributed by atoms with E-state index in [2.05, 4.69) is 21.2 Å². The van der Waals surface area contributed by atoms with Gasteiger partial charge in [-0.2, -0.15) is 0 Å². The van der Waals surface area contributed by atoms with E-state index in [0.717, 1.165) is 0 Å². The number of hydrogen-bond donors (Lipinski definition) is 2. The second-order valence-electron chi connectivity index (χ2n) is 4.10. The fourth-order valence-corrected chi connectivity index (χ4v) is 2.43. The SMILES string of the molecule is O=C(O)C(Nc1cccc(Cl)c1)c1ccc(Cl)c(Br)c1. The lowest BCUT2D eigenvalue weighted by Crippen LogP contribution is -2.20. The molecular formula is C14H10BrCl2NO2. The van der Waals surface area contributed by atoms with Gasteiger partial charge in [0.05, 0.1) is 5.02 Å². The van der Waals surface area contributed by atoms with Crippen molar-refractivity contribution in [2.24, 2.45) is 0 Å². The molecule has 1 unspecified atom stereocenters. The second kappa shape index (κ2) is 6.48. The maximum absolute atomic E-state index is 11.4. The maximum atomic E-state index is 11.4. The molecule has 104 valence electrons. The molecule has 0 saturated carbocycles. The van der Waals surface area contributed by atoms with Crippen molar-refractivity contribution in [3.8, 4) is 0 Å². The summed E-state index contributed by atoms with van der Waals surface area (Å²) in [7, 11) is 0. The summed E-state index contributed by atoms with van der Waals surface area (Å²) in [6, 6.07) is 11.0. The number of carboxylic acids is 1. The zero-order valence-electron chi connectivity index (χ0n) is 10.1. The molecule has 0 fully saturated rings. The molecule has 2 N–H and O–H groups in total. The standard InChI is InChI=1S/C14H10BrCl2NO2/c15-11-6-8(4-5-12(11)17)13(14(19)20)18-10-3-1-2-9(16)7-10/h1-7,13,18H,(H,19,20). The van der Waals surface area contributed by atoms with Crippen LogP contribution in [0.25, 0.3) is 0 Å². The molecule has 0 heterocycles. The predicted molar refractivity (Wildman–Crippen MR) is 84.6 cm³/mol. The smallest absolute Gasteiger partial charge is 0.330 e. The first-order chi connectivity index (χ1) is 9.47. The minimum absolute atomic E-state index is 0.528. The number of aliphatic carboxylic acids is 1. The van der Waals surface area contributed by atoms with Gasteiger partial charge in [0.1, 0.15) is 0 Å². The van der Waals surface area contributed by atoms with Gasteiger partial charge in [0, 0.05) is 15.2 Å². The van der Waals surface area contributed by atoms with Crippen molar-refractivity contribution in [1.29, 1.82) is 0 Å². The summed E-state index contributed by atoms with van der Waals surface area (Å²) in [4.78, 5) is 11.4. The Kier molecular flexibility index (Phi) is 4.91. The van der Waals surface area contributed by atoms with Crippen LogP contribution >= 0.6 is 39.1 Å². The number of carbonyl (C=O) groups is 1. The third-order valence-electron chi connectivity index (χ3n) is 2.66. The van der Waals surface area contributed by atoms with Crippen molar-refractivity contribution in [3.05, 3.63) is 62.5 Å². The summed E-state index contributed by atoms with van der Waals surface area (Å²) in [5.41, 5.74) is 1.23. The van der Waals surface area contributed by atoms with Gasteiger partial charge in [-0.1, -0.05) is 35.3 Å². The summed E-state index contributed by atoms with van der Waals surface area (Å²) in [5, 5.41) is 13.4. The van der Waals surface area contributed by atoms with E-state index in [1.54, 1.807) is 42.5 Å². The summed E-state index contributed by atoms with van der Waals surface area (Å²) >= 11 is 15.1. The molecule has 6 heteroatoms. The minimum Gasteiger partial charge on any atom is -0.479 e. The molecule has 2 aromatic rings. The lowest BCUT2D eigenvalue weighted by atomic mass is 10.1. The minimum atomic E-state index is -0.987. The Morgan fingerprint density at radius 2 is 1.95 bits per heavy atom. The summed E-state index contributed by atoms with van der Waals surface area (Å²) in [6.45, 7) is 0. The average Bonchev–Trinajstić information content (AvgIpc) is 2.39. The van der Waals surface area contributed by atoms with Crippen molar-refractivity contribution in [1.82, 2.24) is 0 Å². The van der Waals surface area contributed by atoms with Gasteiger partial charge >= 0.3 is 5.97 Å². The lowest BCUT2D eigenvalue weighted by molar-refractivity contribution is -0.138. The molecule has 0 aliphatic rings. The zero-order valence-corrected chi connectivity index (χ0v) is 13.2. The highest BCUT2D eigenvalue weighted by Gasteiger charge is 2.20. The summed E-state index contributed by atoms with van der Waals surface area (Å²) < 4.78 is 0.649. The topological polar surface area (TPSA) is 49.3 Å². The Bertz CT molecular complexity index is 649. The number of nitrogens with one attached hydrogen (secondary N) is 1. The molecule has 3 nitrogen and oxygen atoms in total. The van der Waals surface area contributed by atoms with Gasteiger partial charge in [-0.3, -0.25) is 0 Å². The van der Waals surface area contributed by atoms with Crippen LogP contribution in [0, 0.1) is 0 Å². The van der Waals surface area contributed by atoms with Crippen molar-refractivity contribution in [3.63, 3.8) is 0 Å². The van der Waals surface area contributed by atoms with Crippen molar-refractivity contribution < 1.29 is 9.90 Å². The molecule has 0 bridgehead atoms. The van der Waals surface area contributed by atoms with Crippen LogP contribution in [0.15, 0.2) is 46.9 Å². The van der Waals surface area contributed by atoms with Gasteiger partial charge in [-0.05, 0) is 51.8 Å². The Balaban J connectivity index is 2.32. The molecular weight excluding hydrogens is 365 g/mol. The molecule has 0 aromatic heterocycles. The Labute approximate surface area is 134 Å². The van der Waals surface area contributed by atoms with Gasteiger partial charge in [0.25, 0.3) is 0 Å². The Hall–Kier alpha value is -1.23. The highest BCUT2D eigenvalue weighted by Crippen LogP contribution is 2.28. The lowest BCUT2D eigenvalue weighted by Gasteiger charge is -2.17. The monoisotopic (exact) mass is 373 g/mol. The van der Waals surface area contributed by atoms with Gasteiger partial charge < -0.3 is 10.4 Å². The summed E-state index contributed by atoms with van der Waals surface area (Å²) in [5.74, 6) is -0.987. The molecule has 0 aliphatic carbocycles. The molecule has 2 aromatic carbocycles. The number of carboxylic acid groups (broad SMARTS) is 1. The first-order valence-electron chi connectivity index (χ1n) is 5.67. The van der Waals surface area contributed by atoms with Crippen molar-refractivity contribution in [2.45, 2.75) is 6.04 Å². The Morgan fingerprint density at radius 3 is 2.55 bits per heavy atom. The quantitative estimate of drug-likeness (QED) is 0.792. The molecule has 0 aliphatic heterocycles. The normalized spacial score (nSPS) is 11.9. The van der Waals surface area contributed by atoms with Crippen LogP contribution in [0.4, 0.5) is 5.69 Å². The number of anilines is 1. The Morgan fingerprint density at radius 1 is 1.20 bits per heavy atom. The van der Waals surface area contributed by atoms with Crippen molar-refractivity contribution in [2.75, 3.05) is 5.32 Å². The molecule has 0 spiro atoms. The maximum Gasteiger partial charge on any atom is 0.330 e. The molecule has 20 heavy (non-hydrogen) atoms. The molecule has 1 atom stereocenters. The van der Waals surface area contributed by atoms with Crippen LogP contribution in [0.5, 0.6) is 0 Å². The second-order valence-corrected chi connectivity index (χ2v) is 5.80. The number of rotatable bonds is 4. The fraction of sp³-hybridized carbons (Fsp3) is 0.0714. The van der Waals surface area contributed by atoms with E-state index in [9.17, 15) is 9.90 Å². The van der Waals surface area contributed by atoms with Gasteiger partial charge in [-0.15, -0.1) is 0 Å².